The largest absolute Gasteiger partial charge is 0.377 e. The van der Waals surface area contributed by atoms with E-state index in [0.29, 0.717) is 12.4 Å². The van der Waals surface area contributed by atoms with Crippen LogP contribution in [0.4, 0.5) is 5.82 Å². The van der Waals surface area contributed by atoms with E-state index in [1.165, 1.54) is 0 Å². The molecule has 2 rings (SSSR count). The van der Waals surface area contributed by atoms with Gasteiger partial charge in [-0.1, -0.05) is 11.8 Å². The minimum Gasteiger partial charge on any atom is -0.377 e. The van der Waals surface area contributed by atoms with Crippen LogP contribution < -0.4 is 5.32 Å². The first-order valence-electron chi connectivity index (χ1n) is 5.44. The Kier molecular flexibility index (Phi) is 4.49. The van der Waals surface area contributed by atoms with E-state index in [1.54, 1.807) is 31.3 Å². The summed E-state index contributed by atoms with van der Waals surface area (Å²) in [5.41, 5.74) is 0. The molecule has 0 saturated heterocycles. The van der Waals surface area contributed by atoms with Crippen molar-refractivity contribution in [2.75, 3.05) is 19.5 Å². The zero-order valence-electron chi connectivity index (χ0n) is 10.3. The Bertz CT molecular complexity index is 507. The molecule has 0 aliphatic carbocycles. The average molecular weight is 262 g/mol. The van der Waals surface area contributed by atoms with Gasteiger partial charge in [-0.05, 0) is 12.1 Å². The van der Waals surface area contributed by atoms with Crippen LogP contribution in [0.3, 0.4) is 0 Å². The predicted molar refractivity (Wildman–Crippen MR) is 70.7 cm³/mol. The van der Waals surface area contributed by atoms with Gasteiger partial charge in [0.15, 0.2) is 5.82 Å². The molecule has 94 valence electrons. The van der Waals surface area contributed by atoms with Crippen molar-refractivity contribution < 1.29 is 4.74 Å². The summed E-state index contributed by atoms with van der Waals surface area (Å²) in [4.78, 5) is 13.8. The highest BCUT2D eigenvalue weighted by Crippen LogP contribution is 2.26. The average Bonchev–Trinajstić information content (AvgIpc) is 2.40. The predicted octanol–water partition coefficient (Wildman–Crippen LogP) is 2.21. The second-order valence-corrected chi connectivity index (χ2v) is 4.57. The minimum atomic E-state index is 0.402. The van der Waals surface area contributed by atoms with Gasteiger partial charge < -0.3 is 10.1 Å². The molecule has 0 radical (unpaired) electrons. The van der Waals surface area contributed by atoms with Crippen LogP contribution in [0.5, 0.6) is 0 Å². The molecule has 0 aliphatic rings. The summed E-state index contributed by atoms with van der Waals surface area (Å²) in [5.74, 6) is 1.45. The Hall–Kier alpha value is -1.66. The van der Waals surface area contributed by atoms with Crippen molar-refractivity contribution in [3.05, 3.63) is 36.4 Å². The summed E-state index contributed by atoms with van der Waals surface area (Å²) in [6, 6.07) is 5.80. The van der Waals surface area contributed by atoms with Crippen LogP contribution in [0.1, 0.15) is 5.82 Å². The molecule has 1 N–H and O–H groups in total. The number of rotatable bonds is 5. The number of methoxy groups -OCH3 is 1. The normalized spacial score (nSPS) is 10.3. The lowest BCUT2D eigenvalue weighted by atomic mass is 10.5. The van der Waals surface area contributed by atoms with Crippen molar-refractivity contribution in [1.29, 1.82) is 0 Å². The van der Waals surface area contributed by atoms with E-state index in [4.69, 9.17) is 4.74 Å². The highest BCUT2D eigenvalue weighted by Gasteiger charge is 2.05. The fourth-order valence-electron chi connectivity index (χ4n) is 1.37. The quantitative estimate of drug-likeness (QED) is 0.834. The van der Waals surface area contributed by atoms with E-state index < -0.39 is 0 Å². The number of aromatic nitrogens is 3. The second-order valence-electron chi connectivity index (χ2n) is 3.48. The van der Waals surface area contributed by atoms with Crippen molar-refractivity contribution >= 4 is 17.6 Å². The van der Waals surface area contributed by atoms with Crippen LogP contribution in [0, 0.1) is 0 Å². The zero-order chi connectivity index (χ0) is 12.8. The third-order valence-electron chi connectivity index (χ3n) is 2.15. The van der Waals surface area contributed by atoms with Gasteiger partial charge in [0.05, 0.1) is 0 Å². The summed E-state index contributed by atoms with van der Waals surface area (Å²) in [6.45, 7) is 0.402. The van der Waals surface area contributed by atoms with Crippen molar-refractivity contribution in [3.63, 3.8) is 0 Å². The molecular formula is C12H14N4OS. The molecule has 0 spiro atoms. The minimum absolute atomic E-state index is 0.402. The second kappa shape index (κ2) is 6.32. The molecule has 5 nitrogen and oxygen atoms in total. The molecule has 0 atom stereocenters. The molecule has 0 fully saturated rings. The number of hydrogen-bond donors (Lipinski definition) is 1. The van der Waals surface area contributed by atoms with E-state index >= 15 is 0 Å². The summed E-state index contributed by atoms with van der Waals surface area (Å²) in [6.07, 6.45) is 3.52. The SMILES string of the molecule is CNc1cc(Sc2ccncc2)nc(COC)n1. The van der Waals surface area contributed by atoms with Crippen molar-refractivity contribution in [3.8, 4) is 0 Å². The lowest BCUT2D eigenvalue weighted by molar-refractivity contribution is 0.177. The zero-order valence-corrected chi connectivity index (χ0v) is 11.1. The van der Waals surface area contributed by atoms with Crippen LogP contribution in [0.2, 0.25) is 0 Å². The van der Waals surface area contributed by atoms with Crippen LogP contribution in [0.15, 0.2) is 40.5 Å². The number of anilines is 1. The van der Waals surface area contributed by atoms with Crippen LogP contribution in [-0.2, 0) is 11.3 Å². The van der Waals surface area contributed by atoms with Crippen molar-refractivity contribution in [2.45, 2.75) is 16.5 Å². The number of pyridine rings is 1. The molecule has 0 unspecified atom stereocenters. The van der Waals surface area contributed by atoms with Gasteiger partial charge >= 0.3 is 0 Å². The van der Waals surface area contributed by atoms with Gasteiger partial charge in [-0.15, -0.1) is 0 Å². The Labute approximate surface area is 110 Å². The molecular weight excluding hydrogens is 248 g/mol. The maximum absolute atomic E-state index is 5.06. The van der Waals surface area contributed by atoms with Gasteiger partial charge in [0.25, 0.3) is 0 Å². The molecule has 0 bridgehead atoms. The summed E-state index contributed by atoms with van der Waals surface area (Å²) < 4.78 is 5.06. The van der Waals surface area contributed by atoms with Crippen LogP contribution in [-0.4, -0.2) is 29.1 Å². The Morgan fingerprint density at radius 3 is 2.72 bits per heavy atom. The van der Waals surface area contributed by atoms with Gasteiger partial charge in [-0.2, -0.15) is 0 Å². The fourth-order valence-corrected chi connectivity index (χ4v) is 2.19. The van der Waals surface area contributed by atoms with Crippen molar-refractivity contribution in [2.24, 2.45) is 0 Å². The summed E-state index contributed by atoms with van der Waals surface area (Å²) in [7, 11) is 3.46. The topological polar surface area (TPSA) is 59.9 Å². The van der Waals surface area contributed by atoms with Crippen LogP contribution in [0.25, 0.3) is 0 Å². The summed E-state index contributed by atoms with van der Waals surface area (Å²) in [5, 5.41) is 3.90. The molecule has 0 aliphatic heterocycles. The molecule has 0 amide bonds. The Balaban J connectivity index is 2.24. The summed E-state index contributed by atoms with van der Waals surface area (Å²) >= 11 is 1.57. The lowest BCUT2D eigenvalue weighted by Gasteiger charge is -2.06. The molecule has 0 aromatic carbocycles. The fraction of sp³-hybridized carbons (Fsp3) is 0.250. The third kappa shape index (κ3) is 3.41. The van der Waals surface area contributed by atoms with E-state index in [1.807, 2.05) is 25.2 Å². The van der Waals surface area contributed by atoms with Gasteiger partial charge in [-0.25, -0.2) is 9.97 Å². The molecule has 18 heavy (non-hydrogen) atoms. The van der Waals surface area contributed by atoms with E-state index in [9.17, 15) is 0 Å². The van der Waals surface area contributed by atoms with E-state index in [0.717, 1.165) is 15.7 Å². The number of nitrogens with zero attached hydrogens (tertiary/aromatic N) is 3. The highest BCUT2D eigenvalue weighted by molar-refractivity contribution is 7.99. The first kappa shape index (κ1) is 12.8. The van der Waals surface area contributed by atoms with Gasteiger partial charge in [0, 0.05) is 37.5 Å². The van der Waals surface area contributed by atoms with Gasteiger partial charge in [0.1, 0.15) is 17.5 Å². The number of hydrogen-bond acceptors (Lipinski definition) is 6. The highest BCUT2D eigenvalue weighted by atomic mass is 32.2. The Morgan fingerprint density at radius 1 is 1.28 bits per heavy atom. The molecule has 2 heterocycles. The van der Waals surface area contributed by atoms with E-state index in [-0.39, 0.29) is 0 Å². The maximum atomic E-state index is 5.06. The Morgan fingerprint density at radius 2 is 2.06 bits per heavy atom. The van der Waals surface area contributed by atoms with Gasteiger partial charge in [-0.3, -0.25) is 4.98 Å². The monoisotopic (exact) mass is 262 g/mol. The number of ether oxygens (including phenoxy) is 1. The number of nitrogens with one attached hydrogen (secondary N) is 1. The molecule has 2 aromatic rings. The van der Waals surface area contributed by atoms with E-state index in [2.05, 4.69) is 20.3 Å². The molecule has 0 saturated carbocycles. The van der Waals surface area contributed by atoms with Gasteiger partial charge in [0.2, 0.25) is 0 Å². The third-order valence-corrected chi connectivity index (χ3v) is 3.08. The molecule has 2 aromatic heterocycles. The van der Waals surface area contributed by atoms with Crippen LogP contribution >= 0.6 is 11.8 Å². The first-order valence-corrected chi connectivity index (χ1v) is 6.26. The smallest absolute Gasteiger partial charge is 0.157 e. The van der Waals surface area contributed by atoms with Crippen molar-refractivity contribution in [1.82, 2.24) is 15.0 Å². The standard InChI is InChI=1S/C12H14N4OS/c1-13-10-7-12(16-11(15-10)8-17-2)18-9-3-5-14-6-4-9/h3-7H,8H2,1-2H3,(H,13,15,16). The first-order chi connectivity index (χ1) is 8.81. The molecule has 6 heteroatoms. The maximum Gasteiger partial charge on any atom is 0.157 e. The lowest BCUT2D eigenvalue weighted by Crippen LogP contribution is -2.02.